The van der Waals surface area contributed by atoms with Crippen molar-refractivity contribution in [3.63, 3.8) is 0 Å². The third-order valence-electron chi connectivity index (χ3n) is 4.65. The fourth-order valence-corrected chi connectivity index (χ4v) is 3.24. The Hall–Kier alpha value is -2.09. The van der Waals surface area contributed by atoms with Crippen molar-refractivity contribution in [1.29, 1.82) is 0 Å². The Balaban J connectivity index is 1.62. The van der Waals surface area contributed by atoms with Gasteiger partial charge >= 0.3 is 6.03 Å². The fraction of sp³-hybridized carbons (Fsp3) is 0.688. The number of carbonyl (C=O) groups excluding carboxylic acids is 1. The molecule has 1 aromatic heterocycles. The highest BCUT2D eigenvalue weighted by Crippen LogP contribution is 2.21. The number of hydrogen-bond donors (Lipinski definition) is 1. The summed E-state index contributed by atoms with van der Waals surface area (Å²) < 4.78 is 6.63. The summed E-state index contributed by atoms with van der Waals surface area (Å²) >= 11 is 0. The number of aromatic nitrogens is 2. The minimum Gasteiger partial charge on any atom is -0.378 e. The molecule has 0 spiro atoms. The molecule has 0 aliphatic carbocycles. The van der Waals surface area contributed by atoms with Crippen molar-refractivity contribution in [2.24, 2.45) is 7.05 Å². The van der Waals surface area contributed by atoms with Crippen LogP contribution in [0, 0.1) is 0 Å². The fourth-order valence-electron chi connectivity index (χ4n) is 3.24. The van der Waals surface area contributed by atoms with Gasteiger partial charge in [0.1, 0.15) is 5.82 Å². The van der Waals surface area contributed by atoms with Crippen molar-refractivity contribution in [3.8, 4) is 0 Å². The van der Waals surface area contributed by atoms with E-state index in [2.05, 4.69) is 15.3 Å². The maximum atomic E-state index is 12.3. The third kappa shape index (κ3) is 3.87. The number of aryl methyl sites for hydroxylation is 1. The number of carbonyl (C=O) groups is 1. The Morgan fingerprint density at radius 2 is 2.08 bits per heavy atom. The van der Waals surface area contributed by atoms with Crippen LogP contribution < -0.4 is 15.8 Å². The highest BCUT2D eigenvalue weighted by Gasteiger charge is 2.25. The number of urea groups is 1. The molecule has 2 fully saturated rings. The van der Waals surface area contributed by atoms with Crippen molar-refractivity contribution in [2.45, 2.75) is 25.3 Å². The first-order valence-electron chi connectivity index (χ1n) is 8.56. The Morgan fingerprint density at radius 3 is 2.83 bits per heavy atom. The molecule has 0 saturated carbocycles. The molecule has 1 N–H and O–H groups in total. The predicted octanol–water partition coefficient (Wildman–Crippen LogP) is 0.181. The van der Waals surface area contributed by atoms with Gasteiger partial charge in [-0.05, 0) is 25.3 Å². The zero-order chi connectivity index (χ0) is 16.9. The summed E-state index contributed by atoms with van der Waals surface area (Å²) in [5.74, 6) is 0.794. The maximum absolute atomic E-state index is 12.3. The predicted molar refractivity (Wildman–Crippen MR) is 90.3 cm³/mol. The second kappa shape index (κ2) is 7.65. The Kier molecular flexibility index (Phi) is 5.34. The summed E-state index contributed by atoms with van der Waals surface area (Å²) in [6.45, 7) is 3.96. The van der Waals surface area contributed by atoms with E-state index in [9.17, 15) is 9.59 Å². The van der Waals surface area contributed by atoms with E-state index in [0.29, 0.717) is 32.8 Å². The summed E-state index contributed by atoms with van der Waals surface area (Å²) in [6.07, 6.45) is 3.24. The molecule has 2 saturated heterocycles. The topological polar surface area (TPSA) is 79.7 Å². The number of nitrogens with zero attached hydrogens (tertiary/aromatic N) is 4. The van der Waals surface area contributed by atoms with Crippen LogP contribution in [0.2, 0.25) is 0 Å². The number of rotatable bonds is 3. The summed E-state index contributed by atoms with van der Waals surface area (Å²) in [7, 11) is 1.66. The van der Waals surface area contributed by atoms with Crippen LogP contribution in [0.15, 0.2) is 16.9 Å². The molecule has 3 rings (SSSR count). The second-order valence-electron chi connectivity index (χ2n) is 6.28. The van der Waals surface area contributed by atoms with Crippen LogP contribution in [0.3, 0.4) is 0 Å². The van der Waals surface area contributed by atoms with Gasteiger partial charge in [0, 0.05) is 45.3 Å². The van der Waals surface area contributed by atoms with Gasteiger partial charge in [0.15, 0.2) is 0 Å². The molecular formula is C16H25N5O3. The van der Waals surface area contributed by atoms with Crippen LogP contribution >= 0.6 is 0 Å². The van der Waals surface area contributed by atoms with Gasteiger partial charge in [0.25, 0.3) is 5.56 Å². The molecule has 1 aromatic rings. The largest absolute Gasteiger partial charge is 0.378 e. The van der Waals surface area contributed by atoms with Gasteiger partial charge in [-0.3, -0.25) is 4.79 Å². The van der Waals surface area contributed by atoms with E-state index in [1.54, 1.807) is 24.1 Å². The first-order chi connectivity index (χ1) is 11.6. The minimum absolute atomic E-state index is 0.0303. The molecule has 132 valence electrons. The first-order valence-corrected chi connectivity index (χ1v) is 8.56. The van der Waals surface area contributed by atoms with Crippen molar-refractivity contribution in [2.75, 3.05) is 44.3 Å². The van der Waals surface area contributed by atoms with Crippen molar-refractivity contribution in [3.05, 3.63) is 22.5 Å². The molecule has 24 heavy (non-hydrogen) atoms. The molecule has 8 heteroatoms. The highest BCUT2D eigenvalue weighted by molar-refractivity contribution is 5.74. The Bertz CT molecular complexity index is 626. The summed E-state index contributed by atoms with van der Waals surface area (Å²) in [4.78, 5) is 27.8. The number of hydrogen-bond acceptors (Lipinski definition) is 5. The average Bonchev–Trinajstić information content (AvgIpc) is 2.63. The summed E-state index contributed by atoms with van der Waals surface area (Å²) in [5.41, 5.74) is -0.118. The van der Waals surface area contributed by atoms with E-state index in [1.165, 1.54) is 4.68 Å². The number of morpholine rings is 1. The third-order valence-corrected chi connectivity index (χ3v) is 4.65. The van der Waals surface area contributed by atoms with Crippen LogP contribution in [0.25, 0.3) is 0 Å². The Morgan fingerprint density at radius 1 is 1.29 bits per heavy atom. The molecule has 8 nitrogen and oxygen atoms in total. The van der Waals surface area contributed by atoms with E-state index in [0.717, 1.165) is 31.6 Å². The lowest BCUT2D eigenvalue weighted by atomic mass is 10.0. The summed E-state index contributed by atoms with van der Waals surface area (Å²) in [5, 5.41) is 7.40. The lowest BCUT2D eigenvalue weighted by Crippen LogP contribution is -2.52. The molecule has 2 aliphatic heterocycles. The van der Waals surface area contributed by atoms with E-state index in [-0.39, 0.29) is 17.6 Å². The van der Waals surface area contributed by atoms with Crippen molar-refractivity contribution in [1.82, 2.24) is 20.0 Å². The summed E-state index contributed by atoms with van der Waals surface area (Å²) in [6, 6.07) is 3.48. The molecular weight excluding hydrogens is 310 g/mol. The number of piperidine rings is 1. The van der Waals surface area contributed by atoms with Crippen LogP contribution in [0.5, 0.6) is 0 Å². The molecule has 0 bridgehead atoms. The molecule has 2 amide bonds. The Labute approximate surface area is 141 Å². The van der Waals surface area contributed by atoms with Gasteiger partial charge in [-0.1, -0.05) is 0 Å². The van der Waals surface area contributed by atoms with Crippen LogP contribution in [0.1, 0.15) is 19.3 Å². The quantitative estimate of drug-likeness (QED) is 0.852. The molecule has 2 aliphatic rings. The average molecular weight is 335 g/mol. The minimum atomic E-state index is -0.118. The zero-order valence-electron chi connectivity index (χ0n) is 14.1. The van der Waals surface area contributed by atoms with E-state index in [4.69, 9.17) is 4.74 Å². The molecule has 1 atom stereocenters. The van der Waals surface area contributed by atoms with Crippen LogP contribution in [0.4, 0.5) is 10.6 Å². The lowest BCUT2D eigenvalue weighted by molar-refractivity contribution is 0.0531. The molecule has 0 radical (unpaired) electrons. The SMILES string of the molecule is Cn1nc(N2CCCCC2CNC(=O)N2CCOCC2)ccc1=O. The number of amides is 2. The van der Waals surface area contributed by atoms with E-state index in [1.807, 2.05) is 0 Å². The lowest BCUT2D eigenvalue weighted by Gasteiger charge is -2.37. The number of nitrogens with one attached hydrogen (secondary N) is 1. The van der Waals surface area contributed by atoms with Gasteiger partial charge in [0.2, 0.25) is 0 Å². The van der Waals surface area contributed by atoms with Crippen molar-refractivity contribution < 1.29 is 9.53 Å². The smallest absolute Gasteiger partial charge is 0.317 e. The van der Waals surface area contributed by atoms with Gasteiger partial charge < -0.3 is 19.9 Å². The number of ether oxygens (including phenoxy) is 1. The van der Waals surface area contributed by atoms with Crippen molar-refractivity contribution >= 4 is 11.8 Å². The molecule has 0 aromatic carbocycles. The maximum Gasteiger partial charge on any atom is 0.317 e. The zero-order valence-corrected chi connectivity index (χ0v) is 14.1. The van der Waals surface area contributed by atoms with Gasteiger partial charge in [-0.2, -0.15) is 5.10 Å². The van der Waals surface area contributed by atoms with Gasteiger partial charge in [0.05, 0.1) is 13.2 Å². The van der Waals surface area contributed by atoms with Crippen LogP contribution in [-0.4, -0.2) is 66.1 Å². The molecule has 1 unspecified atom stereocenters. The monoisotopic (exact) mass is 335 g/mol. The normalized spacial score (nSPS) is 21.6. The van der Waals surface area contributed by atoms with Gasteiger partial charge in [-0.25, -0.2) is 9.48 Å². The second-order valence-corrected chi connectivity index (χ2v) is 6.28. The first kappa shape index (κ1) is 16.8. The van der Waals surface area contributed by atoms with E-state index < -0.39 is 0 Å². The number of anilines is 1. The standard InChI is InChI=1S/C16H25N5O3/c1-19-15(22)6-5-14(18-19)21-7-3-2-4-13(21)12-17-16(23)20-8-10-24-11-9-20/h5-6,13H,2-4,7-12H2,1H3,(H,17,23). The van der Waals surface area contributed by atoms with Gasteiger partial charge in [-0.15, -0.1) is 0 Å². The van der Waals surface area contributed by atoms with E-state index >= 15 is 0 Å². The van der Waals surface area contributed by atoms with Crippen LogP contribution in [-0.2, 0) is 11.8 Å². The highest BCUT2D eigenvalue weighted by atomic mass is 16.5. The molecule has 3 heterocycles.